The Morgan fingerprint density at radius 3 is 2.70 bits per heavy atom. The molecule has 2 fully saturated rings. The second kappa shape index (κ2) is 8.85. The van der Waals surface area contributed by atoms with E-state index in [0.29, 0.717) is 17.0 Å². The third kappa shape index (κ3) is 5.33. The first-order chi connectivity index (χ1) is 10.7. The molecule has 1 aliphatic carbocycles. The third-order valence-corrected chi connectivity index (χ3v) is 5.64. The number of rotatable bonds is 4. The maximum atomic E-state index is 12.5. The Morgan fingerprint density at radius 2 is 2.00 bits per heavy atom. The highest BCUT2D eigenvalue weighted by molar-refractivity contribution is 7.15. The van der Waals surface area contributed by atoms with Crippen molar-refractivity contribution in [2.45, 2.75) is 45.1 Å². The van der Waals surface area contributed by atoms with Crippen LogP contribution in [0.3, 0.4) is 0 Å². The van der Waals surface area contributed by atoms with E-state index in [1.54, 1.807) is 11.3 Å². The summed E-state index contributed by atoms with van der Waals surface area (Å²) in [4.78, 5) is 22.3. The topological polar surface area (TPSA) is 62.5 Å². The Balaban J connectivity index is 0.00000192. The summed E-state index contributed by atoms with van der Waals surface area (Å²) in [6.45, 7) is 4.67. The zero-order valence-electron chi connectivity index (χ0n) is 13.6. The van der Waals surface area contributed by atoms with Gasteiger partial charge < -0.3 is 10.6 Å². The van der Waals surface area contributed by atoms with Gasteiger partial charge in [0.1, 0.15) is 0 Å². The van der Waals surface area contributed by atoms with Crippen molar-refractivity contribution in [3.05, 3.63) is 11.1 Å². The van der Waals surface area contributed by atoms with Crippen LogP contribution < -0.4 is 5.73 Å². The van der Waals surface area contributed by atoms with E-state index in [-0.39, 0.29) is 12.4 Å². The number of amides is 1. The van der Waals surface area contributed by atoms with E-state index < -0.39 is 0 Å². The molecule has 1 amide bonds. The summed E-state index contributed by atoms with van der Waals surface area (Å²) in [5.74, 6) is 1.02. The summed E-state index contributed by atoms with van der Waals surface area (Å²) in [6.07, 6.45) is 8.81. The molecular weight excluding hydrogens is 332 g/mol. The van der Waals surface area contributed by atoms with Crippen LogP contribution in [-0.4, -0.2) is 46.9 Å². The molecule has 5 nitrogen and oxygen atoms in total. The van der Waals surface area contributed by atoms with Gasteiger partial charge in [0.05, 0.1) is 0 Å². The van der Waals surface area contributed by atoms with Crippen molar-refractivity contribution >= 4 is 34.8 Å². The van der Waals surface area contributed by atoms with Crippen LogP contribution in [0.4, 0.5) is 5.13 Å². The largest absolute Gasteiger partial charge is 0.375 e. The summed E-state index contributed by atoms with van der Waals surface area (Å²) >= 11 is 1.56. The fourth-order valence-electron chi connectivity index (χ4n) is 3.59. The van der Waals surface area contributed by atoms with E-state index >= 15 is 0 Å². The first-order valence-electron chi connectivity index (χ1n) is 8.41. The zero-order valence-corrected chi connectivity index (χ0v) is 15.2. The molecule has 0 unspecified atom stereocenters. The van der Waals surface area contributed by atoms with Crippen LogP contribution in [0, 0.1) is 5.92 Å². The van der Waals surface area contributed by atoms with E-state index in [2.05, 4.69) is 14.8 Å². The molecule has 2 N–H and O–H groups in total. The Morgan fingerprint density at radius 1 is 1.22 bits per heavy atom. The van der Waals surface area contributed by atoms with Gasteiger partial charge in [-0.3, -0.25) is 9.69 Å². The maximum Gasteiger partial charge on any atom is 0.222 e. The summed E-state index contributed by atoms with van der Waals surface area (Å²) in [6, 6.07) is 0. The number of nitrogen functional groups attached to an aromatic ring is 1. The SMILES string of the molecule is Cl.Nc1ncc(CN2CCCN(C(=O)CC3CCCC3)CC2)s1. The minimum Gasteiger partial charge on any atom is -0.375 e. The molecule has 1 saturated carbocycles. The Hall–Kier alpha value is -0.850. The normalized spacial score (nSPS) is 20.3. The van der Waals surface area contributed by atoms with Gasteiger partial charge in [0.15, 0.2) is 5.13 Å². The van der Waals surface area contributed by atoms with Crippen molar-refractivity contribution < 1.29 is 4.79 Å². The van der Waals surface area contributed by atoms with Crippen LogP contribution in [0.15, 0.2) is 6.20 Å². The molecule has 0 radical (unpaired) electrons. The number of hydrogen-bond donors (Lipinski definition) is 1. The van der Waals surface area contributed by atoms with Crippen LogP contribution in [0.1, 0.15) is 43.4 Å². The molecule has 130 valence electrons. The molecule has 23 heavy (non-hydrogen) atoms. The van der Waals surface area contributed by atoms with Gasteiger partial charge in [-0.1, -0.05) is 12.8 Å². The zero-order chi connectivity index (χ0) is 15.4. The number of carbonyl (C=O) groups excluding carboxylic acids is 1. The lowest BCUT2D eigenvalue weighted by molar-refractivity contribution is -0.132. The highest BCUT2D eigenvalue weighted by Gasteiger charge is 2.24. The van der Waals surface area contributed by atoms with Gasteiger partial charge in [-0.15, -0.1) is 23.7 Å². The first-order valence-corrected chi connectivity index (χ1v) is 9.22. The quantitative estimate of drug-likeness (QED) is 0.898. The number of carbonyl (C=O) groups is 1. The highest BCUT2D eigenvalue weighted by atomic mass is 35.5. The average Bonchev–Trinajstić information content (AvgIpc) is 3.07. The lowest BCUT2D eigenvalue weighted by Crippen LogP contribution is -2.35. The summed E-state index contributed by atoms with van der Waals surface area (Å²) in [5.41, 5.74) is 5.69. The van der Waals surface area contributed by atoms with E-state index in [0.717, 1.165) is 45.6 Å². The van der Waals surface area contributed by atoms with Crippen molar-refractivity contribution in [1.29, 1.82) is 0 Å². The molecule has 2 heterocycles. The van der Waals surface area contributed by atoms with Crippen molar-refractivity contribution in [2.24, 2.45) is 5.92 Å². The van der Waals surface area contributed by atoms with Gasteiger partial charge in [0.2, 0.25) is 5.91 Å². The van der Waals surface area contributed by atoms with Gasteiger partial charge in [0, 0.05) is 50.2 Å². The fraction of sp³-hybridized carbons (Fsp3) is 0.750. The molecule has 1 aromatic heterocycles. The number of halogens is 1. The fourth-order valence-corrected chi connectivity index (χ4v) is 4.31. The Labute approximate surface area is 148 Å². The summed E-state index contributed by atoms with van der Waals surface area (Å²) < 4.78 is 0. The smallest absolute Gasteiger partial charge is 0.222 e. The van der Waals surface area contributed by atoms with E-state index in [1.165, 1.54) is 30.6 Å². The number of anilines is 1. The van der Waals surface area contributed by atoms with Gasteiger partial charge in [-0.25, -0.2) is 4.98 Å². The predicted octanol–water partition coefficient (Wildman–Crippen LogP) is 2.76. The molecule has 1 aliphatic heterocycles. The molecule has 1 saturated heterocycles. The van der Waals surface area contributed by atoms with Crippen LogP contribution in [-0.2, 0) is 11.3 Å². The Kier molecular flexibility index (Phi) is 7.11. The van der Waals surface area contributed by atoms with Crippen LogP contribution in [0.2, 0.25) is 0 Å². The van der Waals surface area contributed by atoms with Gasteiger partial charge in [0.25, 0.3) is 0 Å². The van der Waals surface area contributed by atoms with Crippen molar-refractivity contribution in [2.75, 3.05) is 31.9 Å². The monoisotopic (exact) mass is 358 g/mol. The molecule has 0 aromatic carbocycles. The lowest BCUT2D eigenvalue weighted by atomic mass is 10.0. The molecule has 7 heteroatoms. The van der Waals surface area contributed by atoms with Crippen LogP contribution in [0.25, 0.3) is 0 Å². The van der Waals surface area contributed by atoms with Crippen molar-refractivity contribution in [1.82, 2.24) is 14.8 Å². The highest BCUT2D eigenvalue weighted by Crippen LogP contribution is 2.28. The second-order valence-electron chi connectivity index (χ2n) is 6.53. The van der Waals surface area contributed by atoms with Crippen LogP contribution in [0.5, 0.6) is 0 Å². The van der Waals surface area contributed by atoms with E-state index in [1.807, 2.05) is 6.20 Å². The predicted molar refractivity (Wildman–Crippen MR) is 96.8 cm³/mol. The number of thiazole rings is 1. The van der Waals surface area contributed by atoms with Gasteiger partial charge in [-0.2, -0.15) is 0 Å². The average molecular weight is 359 g/mol. The molecule has 0 atom stereocenters. The van der Waals surface area contributed by atoms with Gasteiger partial charge >= 0.3 is 0 Å². The van der Waals surface area contributed by atoms with Crippen molar-refractivity contribution in [3.63, 3.8) is 0 Å². The number of aromatic nitrogens is 1. The molecule has 1 aromatic rings. The number of nitrogens with zero attached hydrogens (tertiary/aromatic N) is 3. The minimum absolute atomic E-state index is 0. The van der Waals surface area contributed by atoms with Crippen molar-refractivity contribution in [3.8, 4) is 0 Å². The molecule has 0 spiro atoms. The number of hydrogen-bond acceptors (Lipinski definition) is 5. The molecule has 0 bridgehead atoms. The first kappa shape index (κ1) is 18.5. The van der Waals surface area contributed by atoms with Crippen LogP contribution >= 0.6 is 23.7 Å². The maximum absolute atomic E-state index is 12.5. The lowest BCUT2D eigenvalue weighted by Gasteiger charge is -2.23. The standard InChI is InChI=1S/C16H26N4OS.ClH/c17-16-18-11-14(22-16)12-19-6-3-7-20(9-8-19)15(21)10-13-4-1-2-5-13;/h11,13H,1-10,12H2,(H2,17,18);1H. The number of nitrogens with two attached hydrogens (primary N) is 1. The molecule has 2 aliphatic rings. The second-order valence-corrected chi connectivity index (χ2v) is 7.68. The molecular formula is C16H27ClN4OS. The Bertz CT molecular complexity index is 504. The molecule has 3 rings (SSSR count). The summed E-state index contributed by atoms with van der Waals surface area (Å²) in [5, 5.41) is 0.637. The van der Waals surface area contributed by atoms with E-state index in [9.17, 15) is 4.79 Å². The van der Waals surface area contributed by atoms with Gasteiger partial charge in [-0.05, 0) is 25.2 Å². The van der Waals surface area contributed by atoms with E-state index in [4.69, 9.17) is 5.73 Å². The minimum atomic E-state index is 0. The third-order valence-electron chi connectivity index (χ3n) is 4.83. The summed E-state index contributed by atoms with van der Waals surface area (Å²) in [7, 11) is 0.